The topological polar surface area (TPSA) is 46.3 Å². The number of carbonyl (C=O) groups is 1. The number of hydrogen-bond donors (Lipinski definition) is 1. The Morgan fingerprint density at radius 3 is 2.83 bits per heavy atom. The first-order valence-electron chi connectivity index (χ1n) is 5.99. The van der Waals surface area contributed by atoms with Crippen molar-refractivity contribution in [2.45, 2.75) is 19.4 Å². The molecule has 0 aliphatic carbocycles. The molecule has 1 heterocycles. The number of carbonyl (C=O) groups excluding carboxylic acids is 1. The predicted octanol–water partition coefficient (Wildman–Crippen LogP) is 2.80. The molecule has 2 atom stereocenters. The molecule has 2 rings (SSSR count). The van der Waals surface area contributed by atoms with Crippen molar-refractivity contribution in [3.8, 4) is 0 Å². The van der Waals surface area contributed by atoms with E-state index in [0.29, 0.717) is 28.1 Å². The summed E-state index contributed by atoms with van der Waals surface area (Å²) < 4.78 is 0. The Hall–Kier alpha value is -0.770. The monoisotopic (exact) mass is 286 g/mol. The molecule has 0 spiro atoms. The van der Waals surface area contributed by atoms with Crippen LogP contribution in [-0.2, 0) is 0 Å². The van der Waals surface area contributed by atoms with Crippen molar-refractivity contribution in [1.82, 2.24) is 4.90 Å². The summed E-state index contributed by atoms with van der Waals surface area (Å²) in [6.45, 7) is 3.40. The van der Waals surface area contributed by atoms with Crippen LogP contribution in [0, 0.1) is 5.92 Å². The largest absolute Gasteiger partial charge is 0.338 e. The zero-order valence-electron chi connectivity index (χ0n) is 10.2. The zero-order chi connectivity index (χ0) is 13.3. The lowest BCUT2D eigenvalue weighted by atomic mass is 10.0. The number of benzene rings is 1. The number of likely N-dealkylation sites (tertiary alicyclic amines) is 1. The van der Waals surface area contributed by atoms with Gasteiger partial charge in [0.25, 0.3) is 5.91 Å². The Bertz CT molecular complexity index is 462. The van der Waals surface area contributed by atoms with Gasteiger partial charge in [-0.2, -0.15) is 0 Å². The molecule has 0 bridgehead atoms. The number of rotatable bonds is 2. The SMILES string of the molecule is CC(N)C1CCN(C(=O)c2cc(Cl)ccc2Cl)C1. The van der Waals surface area contributed by atoms with Gasteiger partial charge in [-0.15, -0.1) is 0 Å². The molecule has 0 saturated carbocycles. The van der Waals surface area contributed by atoms with Crippen molar-refractivity contribution in [3.05, 3.63) is 33.8 Å². The number of hydrogen-bond acceptors (Lipinski definition) is 2. The van der Waals surface area contributed by atoms with E-state index in [1.807, 2.05) is 6.92 Å². The first kappa shape index (κ1) is 13.7. The molecule has 18 heavy (non-hydrogen) atoms. The van der Waals surface area contributed by atoms with E-state index in [4.69, 9.17) is 28.9 Å². The summed E-state index contributed by atoms with van der Waals surface area (Å²) >= 11 is 11.9. The summed E-state index contributed by atoms with van der Waals surface area (Å²) in [5.41, 5.74) is 6.33. The summed E-state index contributed by atoms with van der Waals surface area (Å²) in [5, 5.41) is 0.958. The highest BCUT2D eigenvalue weighted by atomic mass is 35.5. The number of nitrogens with zero attached hydrogens (tertiary/aromatic N) is 1. The fraction of sp³-hybridized carbons (Fsp3) is 0.462. The van der Waals surface area contributed by atoms with Crippen LogP contribution >= 0.6 is 23.2 Å². The minimum atomic E-state index is -0.0642. The summed E-state index contributed by atoms with van der Waals surface area (Å²) in [4.78, 5) is 14.1. The molecule has 1 amide bonds. The van der Waals surface area contributed by atoms with Gasteiger partial charge in [-0.1, -0.05) is 23.2 Å². The van der Waals surface area contributed by atoms with Gasteiger partial charge in [0, 0.05) is 24.2 Å². The first-order chi connectivity index (χ1) is 8.49. The highest BCUT2D eigenvalue weighted by Gasteiger charge is 2.29. The molecule has 1 saturated heterocycles. The van der Waals surface area contributed by atoms with E-state index in [0.717, 1.165) is 13.0 Å². The third kappa shape index (κ3) is 2.79. The Labute approximate surface area is 117 Å². The second kappa shape index (κ2) is 5.47. The predicted molar refractivity (Wildman–Crippen MR) is 74.1 cm³/mol. The molecule has 1 fully saturated rings. The molecule has 1 aliphatic heterocycles. The zero-order valence-corrected chi connectivity index (χ0v) is 11.7. The van der Waals surface area contributed by atoms with Crippen LogP contribution in [0.5, 0.6) is 0 Å². The maximum Gasteiger partial charge on any atom is 0.255 e. The van der Waals surface area contributed by atoms with Crippen molar-refractivity contribution < 1.29 is 4.79 Å². The maximum atomic E-state index is 12.3. The van der Waals surface area contributed by atoms with Gasteiger partial charge in [0.2, 0.25) is 0 Å². The Morgan fingerprint density at radius 1 is 1.50 bits per heavy atom. The standard InChI is InChI=1S/C13H16Cl2N2O/c1-8(16)9-4-5-17(7-9)13(18)11-6-10(14)2-3-12(11)15/h2-3,6,8-9H,4-5,7,16H2,1H3. The first-order valence-corrected chi connectivity index (χ1v) is 6.74. The van der Waals surface area contributed by atoms with E-state index < -0.39 is 0 Å². The smallest absolute Gasteiger partial charge is 0.255 e. The number of nitrogens with two attached hydrogens (primary N) is 1. The molecule has 1 aliphatic rings. The van der Waals surface area contributed by atoms with Gasteiger partial charge in [0.05, 0.1) is 10.6 Å². The van der Waals surface area contributed by atoms with Crippen LogP contribution in [0.2, 0.25) is 10.0 Å². The van der Waals surface area contributed by atoms with Gasteiger partial charge in [-0.25, -0.2) is 0 Å². The number of halogens is 2. The van der Waals surface area contributed by atoms with Gasteiger partial charge < -0.3 is 10.6 Å². The van der Waals surface area contributed by atoms with Crippen molar-refractivity contribution >= 4 is 29.1 Å². The Balaban J connectivity index is 2.15. The summed E-state index contributed by atoms with van der Waals surface area (Å²) in [6, 6.07) is 5.05. The van der Waals surface area contributed by atoms with Crippen molar-refractivity contribution in [2.75, 3.05) is 13.1 Å². The molecule has 3 nitrogen and oxygen atoms in total. The van der Waals surface area contributed by atoms with E-state index in [1.165, 1.54) is 0 Å². The second-order valence-electron chi connectivity index (χ2n) is 4.78. The lowest BCUT2D eigenvalue weighted by Crippen LogP contribution is -2.33. The third-order valence-corrected chi connectivity index (χ3v) is 3.98. The average molecular weight is 287 g/mol. The minimum Gasteiger partial charge on any atom is -0.338 e. The van der Waals surface area contributed by atoms with E-state index in [1.54, 1.807) is 23.1 Å². The molecule has 98 valence electrons. The van der Waals surface area contributed by atoms with E-state index in [-0.39, 0.29) is 11.9 Å². The average Bonchev–Trinajstić information content (AvgIpc) is 2.81. The van der Waals surface area contributed by atoms with Crippen LogP contribution < -0.4 is 5.73 Å². The maximum absolute atomic E-state index is 12.3. The van der Waals surface area contributed by atoms with Crippen LogP contribution in [-0.4, -0.2) is 29.9 Å². The minimum absolute atomic E-state index is 0.0642. The quantitative estimate of drug-likeness (QED) is 0.909. The Kier molecular flexibility index (Phi) is 4.15. The van der Waals surface area contributed by atoms with Gasteiger partial charge in [0.1, 0.15) is 0 Å². The van der Waals surface area contributed by atoms with Gasteiger partial charge in [-0.3, -0.25) is 4.79 Å². The van der Waals surface area contributed by atoms with Crippen molar-refractivity contribution in [1.29, 1.82) is 0 Å². The molecule has 2 unspecified atom stereocenters. The molecule has 1 aromatic rings. The van der Waals surface area contributed by atoms with Crippen LogP contribution in [0.25, 0.3) is 0 Å². The lowest BCUT2D eigenvalue weighted by Gasteiger charge is -2.18. The van der Waals surface area contributed by atoms with Crippen LogP contribution in [0.1, 0.15) is 23.7 Å². The van der Waals surface area contributed by atoms with Gasteiger partial charge >= 0.3 is 0 Å². The summed E-state index contributed by atoms with van der Waals surface area (Å²) in [5.74, 6) is 0.303. The van der Waals surface area contributed by atoms with Gasteiger partial charge in [-0.05, 0) is 37.5 Å². The van der Waals surface area contributed by atoms with E-state index in [2.05, 4.69) is 0 Å². The fourth-order valence-corrected chi connectivity index (χ4v) is 2.60. The van der Waals surface area contributed by atoms with Crippen LogP contribution in [0.3, 0.4) is 0 Å². The van der Waals surface area contributed by atoms with Crippen LogP contribution in [0.15, 0.2) is 18.2 Å². The molecule has 2 N–H and O–H groups in total. The van der Waals surface area contributed by atoms with Crippen molar-refractivity contribution in [3.63, 3.8) is 0 Å². The summed E-state index contributed by atoms with van der Waals surface area (Å²) in [7, 11) is 0. The van der Waals surface area contributed by atoms with Crippen molar-refractivity contribution in [2.24, 2.45) is 11.7 Å². The third-order valence-electron chi connectivity index (χ3n) is 3.41. The Morgan fingerprint density at radius 2 is 2.22 bits per heavy atom. The normalized spacial score (nSPS) is 21.1. The van der Waals surface area contributed by atoms with E-state index in [9.17, 15) is 4.79 Å². The molecule has 0 radical (unpaired) electrons. The highest BCUT2D eigenvalue weighted by molar-refractivity contribution is 6.35. The summed E-state index contributed by atoms with van der Waals surface area (Å²) in [6.07, 6.45) is 0.946. The molecular weight excluding hydrogens is 271 g/mol. The fourth-order valence-electron chi connectivity index (χ4n) is 2.23. The lowest BCUT2D eigenvalue weighted by molar-refractivity contribution is 0.0786. The molecule has 1 aromatic carbocycles. The molecular formula is C13H16Cl2N2O. The van der Waals surface area contributed by atoms with E-state index >= 15 is 0 Å². The van der Waals surface area contributed by atoms with Gasteiger partial charge in [0.15, 0.2) is 0 Å². The molecule has 0 aromatic heterocycles. The highest BCUT2D eigenvalue weighted by Crippen LogP contribution is 2.25. The number of amides is 1. The second-order valence-corrected chi connectivity index (χ2v) is 5.63. The molecule has 5 heteroatoms. The van der Waals surface area contributed by atoms with Crippen LogP contribution in [0.4, 0.5) is 0 Å².